The minimum atomic E-state index is -4.25. The Bertz CT molecular complexity index is 345. The van der Waals surface area contributed by atoms with E-state index >= 15 is 0 Å². The zero-order chi connectivity index (χ0) is 17.4. The second-order valence-corrected chi connectivity index (χ2v) is 8.12. The summed E-state index contributed by atoms with van der Waals surface area (Å²) in [5.74, 6) is 0.852. The van der Waals surface area contributed by atoms with Crippen molar-refractivity contribution in [3.63, 3.8) is 0 Å². The maximum absolute atomic E-state index is 10.3. The van der Waals surface area contributed by atoms with Gasteiger partial charge in [-0.15, -0.1) is 0 Å². The third kappa shape index (κ3) is 25.1. The Balaban J connectivity index is 0. The van der Waals surface area contributed by atoms with Crippen LogP contribution < -0.4 is 0 Å². The van der Waals surface area contributed by atoms with Crippen molar-refractivity contribution in [1.29, 1.82) is 0 Å². The number of hydrogen-bond donors (Lipinski definition) is 1. The Morgan fingerprint density at radius 2 is 1.04 bits per heavy atom. The van der Waals surface area contributed by atoms with Gasteiger partial charge in [0.25, 0.3) is 0 Å². The molecule has 0 aromatic heterocycles. The summed E-state index contributed by atoms with van der Waals surface area (Å²) in [5, 5.41) is 0. The SMILES string of the molecule is CC(C)CCCCCCCCCCCCCCCOS(=O)(=O)O.[NaH]. The average Bonchev–Trinajstić information content (AvgIpc) is 2.45. The zero-order valence-corrected chi connectivity index (χ0v) is 16.1. The molecule has 1 N–H and O–H groups in total. The van der Waals surface area contributed by atoms with Crippen molar-refractivity contribution in [1.82, 2.24) is 0 Å². The molecule has 0 saturated carbocycles. The molecule has 4 nitrogen and oxygen atoms in total. The molecule has 0 radical (unpaired) electrons. The van der Waals surface area contributed by atoms with Gasteiger partial charge in [0, 0.05) is 0 Å². The van der Waals surface area contributed by atoms with Crippen LogP contribution in [0, 0.1) is 5.92 Å². The Labute approximate surface area is 172 Å². The number of rotatable bonds is 17. The van der Waals surface area contributed by atoms with Crippen LogP contribution in [0.15, 0.2) is 0 Å². The third-order valence-corrected chi connectivity index (χ3v) is 4.62. The third-order valence-electron chi connectivity index (χ3n) is 4.16. The van der Waals surface area contributed by atoms with E-state index in [2.05, 4.69) is 18.0 Å². The van der Waals surface area contributed by atoms with E-state index in [4.69, 9.17) is 4.55 Å². The van der Waals surface area contributed by atoms with Crippen molar-refractivity contribution in [2.75, 3.05) is 6.61 Å². The quantitative estimate of drug-likeness (QED) is 0.214. The summed E-state index contributed by atoms with van der Waals surface area (Å²) in [6.07, 6.45) is 17.6. The van der Waals surface area contributed by atoms with Gasteiger partial charge in [0.1, 0.15) is 0 Å². The summed E-state index contributed by atoms with van der Waals surface area (Å²) in [5.41, 5.74) is 0. The predicted molar refractivity (Wildman–Crippen MR) is 104 cm³/mol. The first-order valence-electron chi connectivity index (χ1n) is 9.53. The number of hydrogen-bond acceptors (Lipinski definition) is 3. The Hall–Kier alpha value is 0.870. The molecule has 0 heterocycles. The summed E-state index contributed by atoms with van der Waals surface area (Å²) < 4.78 is 33.3. The van der Waals surface area contributed by atoms with Gasteiger partial charge >= 0.3 is 40.0 Å². The molecule has 0 fully saturated rings. The van der Waals surface area contributed by atoms with Crippen LogP contribution in [0.1, 0.15) is 104 Å². The summed E-state index contributed by atoms with van der Waals surface area (Å²) in [6.45, 7) is 4.69. The molecule has 0 aliphatic heterocycles. The van der Waals surface area contributed by atoms with Crippen molar-refractivity contribution in [3.05, 3.63) is 0 Å². The Morgan fingerprint density at radius 3 is 1.38 bits per heavy atom. The second-order valence-electron chi connectivity index (χ2n) is 7.03. The van der Waals surface area contributed by atoms with Crippen LogP contribution in [-0.2, 0) is 14.6 Å². The molecule has 142 valence electrons. The van der Waals surface area contributed by atoms with Crippen LogP contribution in [0.2, 0.25) is 0 Å². The van der Waals surface area contributed by atoms with Crippen molar-refractivity contribution >= 4 is 40.0 Å². The van der Waals surface area contributed by atoms with E-state index < -0.39 is 10.4 Å². The van der Waals surface area contributed by atoms with Crippen molar-refractivity contribution in [2.24, 2.45) is 5.92 Å². The van der Waals surface area contributed by atoms with Crippen LogP contribution in [0.3, 0.4) is 0 Å². The zero-order valence-electron chi connectivity index (χ0n) is 15.3. The van der Waals surface area contributed by atoms with Gasteiger partial charge in [0.2, 0.25) is 0 Å². The first-order chi connectivity index (χ1) is 10.9. The standard InChI is InChI=1S/C18H38O4S.Na.H/c1-18(2)16-14-12-10-8-6-4-3-5-7-9-11-13-15-17-22-23(19,20)21;;/h18H,3-17H2,1-2H3,(H,19,20,21);;. The van der Waals surface area contributed by atoms with E-state index in [1.807, 2.05) is 0 Å². The molecule has 0 atom stereocenters. The van der Waals surface area contributed by atoms with Crippen molar-refractivity contribution in [3.8, 4) is 0 Å². The van der Waals surface area contributed by atoms with Gasteiger partial charge in [0.15, 0.2) is 0 Å². The normalized spacial score (nSPS) is 11.7. The van der Waals surface area contributed by atoms with E-state index in [1.165, 1.54) is 70.6 Å². The van der Waals surface area contributed by atoms with Gasteiger partial charge in [-0.25, -0.2) is 4.18 Å². The molecule has 0 unspecified atom stereocenters. The second kappa shape index (κ2) is 18.7. The average molecular weight is 375 g/mol. The van der Waals surface area contributed by atoms with Gasteiger partial charge in [0.05, 0.1) is 6.61 Å². The van der Waals surface area contributed by atoms with Gasteiger partial charge in [-0.3, -0.25) is 4.55 Å². The molecule has 0 aliphatic rings. The monoisotopic (exact) mass is 374 g/mol. The molecule has 0 amide bonds. The predicted octanol–water partition coefficient (Wildman–Crippen LogP) is 5.27. The molecule has 0 aliphatic carbocycles. The Morgan fingerprint density at radius 1 is 0.708 bits per heavy atom. The minimum absolute atomic E-state index is 0. The molecular weight excluding hydrogens is 335 g/mol. The van der Waals surface area contributed by atoms with E-state index in [0.717, 1.165) is 18.8 Å². The van der Waals surface area contributed by atoms with E-state index in [0.29, 0.717) is 6.42 Å². The first kappa shape index (κ1) is 27.1. The molecule has 0 aromatic rings. The summed E-state index contributed by atoms with van der Waals surface area (Å²) in [7, 11) is -4.25. The molecule has 6 heteroatoms. The van der Waals surface area contributed by atoms with Crippen LogP contribution >= 0.6 is 0 Å². The summed E-state index contributed by atoms with van der Waals surface area (Å²) >= 11 is 0. The van der Waals surface area contributed by atoms with E-state index in [1.54, 1.807) is 0 Å². The van der Waals surface area contributed by atoms with Crippen LogP contribution in [-0.4, -0.2) is 49.1 Å². The van der Waals surface area contributed by atoms with Crippen LogP contribution in [0.25, 0.3) is 0 Å². The summed E-state index contributed by atoms with van der Waals surface area (Å²) in [4.78, 5) is 0. The topological polar surface area (TPSA) is 63.6 Å². The fourth-order valence-corrected chi connectivity index (χ4v) is 3.09. The van der Waals surface area contributed by atoms with Gasteiger partial charge in [-0.1, -0.05) is 97.3 Å². The summed E-state index contributed by atoms with van der Waals surface area (Å²) in [6, 6.07) is 0. The van der Waals surface area contributed by atoms with Crippen LogP contribution in [0.5, 0.6) is 0 Å². The first-order valence-corrected chi connectivity index (χ1v) is 10.9. The molecule has 24 heavy (non-hydrogen) atoms. The number of unbranched alkanes of at least 4 members (excludes halogenated alkanes) is 12. The molecule has 0 bridgehead atoms. The fraction of sp³-hybridized carbons (Fsp3) is 1.00. The van der Waals surface area contributed by atoms with Crippen molar-refractivity contribution < 1.29 is 17.2 Å². The maximum atomic E-state index is 10.3. The molecule has 0 aromatic carbocycles. The molecular formula is C18H39NaO4S. The van der Waals surface area contributed by atoms with Crippen molar-refractivity contribution in [2.45, 2.75) is 104 Å². The Kier molecular flexibility index (Phi) is 21.1. The van der Waals surface area contributed by atoms with E-state index in [-0.39, 0.29) is 36.2 Å². The molecule has 0 spiro atoms. The van der Waals surface area contributed by atoms with E-state index in [9.17, 15) is 8.42 Å². The fourth-order valence-electron chi connectivity index (χ4n) is 2.76. The molecule has 0 saturated heterocycles. The van der Waals surface area contributed by atoms with Crippen LogP contribution in [0.4, 0.5) is 0 Å². The van der Waals surface area contributed by atoms with Gasteiger partial charge in [-0.2, -0.15) is 8.42 Å². The van der Waals surface area contributed by atoms with Gasteiger partial charge < -0.3 is 0 Å². The molecule has 0 rings (SSSR count). The van der Waals surface area contributed by atoms with Gasteiger partial charge in [-0.05, 0) is 12.3 Å².